The number of Topliss-reactive ketones (excluding diaryl/α,β-unsaturated/α-hetero) is 1. The summed E-state index contributed by atoms with van der Waals surface area (Å²) in [7, 11) is 0. The van der Waals surface area contributed by atoms with Crippen molar-refractivity contribution < 1.29 is 24.2 Å². The van der Waals surface area contributed by atoms with Gasteiger partial charge in [0.25, 0.3) is 0 Å². The highest BCUT2D eigenvalue weighted by Gasteiger charge is 2.71. The molecule has 0 aromatic heterocycles. The molecule has 5 rings (SSSR count). The smallest absolute Gasteiger partial charge is 0.338 e. The Balaban J connectivity index is 1.64. The van der Waals surface area contributed by atoms with Crippen LogP contribution < -0.4 is 0 Å². The largest absolute Gasteiger partial charge is 0.480 e. The third-order valence-electron chi connectivity index (χ3n) is 8.08. The molecule has 0 radical (unpaired) electrons. The van der Waals surface area contributed by atoms with Gasteiger partial charge in [-0.3, -0.25) is 9.59 Å². The molecule has 30 heavy (non-hydrogen) atoms. The van der Waals surface area contributed by atoms with E-state index in [4.69, 9.17) is 4.74 Å². The molecule has 0 saturated heterocycles. The molecular formula is C25H26O5. The molecule has 156 valence electrons. The summed E-state index contributed by atoms with van der Waals surface area (Å²) in [5.41, 5.74) is -1.12. The normalized spacial score (nSPS) is 43.2. The van der Waals surface area contributed by atoms with E-state index in [1.54, 1.807) is 31.2 Å². The number of rotatable bonds is 3. The minimum atomic E-state index is -1.56. The lowest BCUT2D eigenvalue weighted by atomic mass is 9.47. The molecule has 2 saturated carbocycles. The molecular weight excluding hydrogens is 380 g/mol. The molecule has 2 fully saturated rings. The zero-order valence-electron chi connectivity index (χ0n) is 17.1. The number of carboxylic acids is 1. The van der Waals surface area contributed by atoms with Gasteiger partial charge in [0.15, 0.2) is 5.78 Å². The van der Waals surface area contributed by atoms with E-state index in [1.165, 1.54) is 0 Å². The van der Waals surface area contributed by atoms with Crippen LogP contribution in [0.5, 0.6) is 0 Å². The Bertz CT molecular complexity index is 963. The molecule has 0 aliphatic heterocycles. The van der Waals surface area contributed by atoms with Gasteiger partial charge in [0, 0.05) is 17.8 Å². The summed E-state index contributed by atoms with van der Waals surface area (Å²) < 4.78 is 6.13. The monoisotopic (exact) mass is 406 g/mol. The number of ether oxygens (including phenoxy) is 1. The molecule has 1 aromatic carbocycles. The summed E-state index contributed by atoms with van der Waals surface area (Å²) in [6.07, 6.45) is 8.24. The van der Waals surface area contributed by atoms with E-state index in [0.29, 0.717) is 5.56 Å². The molecule has 4 aliphatic carbocycles. The van der Waals surface area contributed by atoms with Gasteiger partial charge in [-0.2, -0.15) is 0 Å². The number of benzene rings is 1. The van der Waals surface area contributed by atoms with Crippen molar-refractivity contribution in [3.8, 4) is 0 Å². The summed E-state index contributed by atoms with van der Waals surface area (Å²) in [6.45, 7) is 3.74. The van der Waals surface area contributed by atoms with Crippen molar-refractivity contribution in [2.75, 3.05) is 0 Å². The van der Waals surface area contributed by atoms with E-state index in [1.807, 2.05) is 25.1 Å². The quantitative estimate of drug-likeness (QED) is 0.470. The molecule has 5 nitrogen and oxygen atoms in total. The van der Waals surface area contributed by atoms with Crippen LogP contribution in [0.15, 0.2) is 54.6 Å². The maximum Gasteiger partial charge on any atom is 0.338 e. The van der Waals surface area contributed by atoms with E-state index in [9.17, 15) is 19.5 Å². The molecule has 9 unspecified atom stereocenters. The molecule has 1 aromatic rings. The third kappa shape index (κ3) is 2.38. The van der Waals surface area contributed by atoms with E-state index >= 15 is 0 Å². The van der Waals surface area contributed by atoms with Crippen LogP contribution in [0.3, 0.4) is 0 Å². The lowest BCUT2D eigenvalue weighted by Gasteiger charge is -2.55. The van der Waals surface area contributed by atoms with Crippen LogP contribution in [0.2, 0.25) is 0 Å². The fraction of sp³-hybridized carbons (Fsp3) is 0.480. The van der Waals surface area contributed by atoms with E-state index in [0.717, 1.165) is 6.42 Å². The maximum absolute atomic E-state index is 13.9. The standard InChI is InChI=1S/C25H26O5/c1-13-8-9-14(2)25(24(28)29)20(13)21(30-23(27)15-6-4-3-5-7-15)18-16-10-11-17(12-16)19(18)22(25)26/h3-11,13-14,16-21H,12H2,1-2H3,(H,28,29). The van der Waals surface area contributed by atoms with Crippen molar-refractivity contribution in [3.05, 3.63) is 60.2 Å². The Morgan fingerprint density at radius 2 is 1.73 bits per heavy atom. The Kier molecular flexibility index (Phi) is 4.28. The molecule has 0 spiro atoms. The SMILES string of the molecule is CC1C=CC(C)C2(C(=O)O)C(=O)C3C4C=CC(C4)C3C(OC(=O)c3ccccc3)C12. The summed E-state index contributed by atoms with van der Waals surface area (Å²) in [4.78, 5) is 39.7. The van der Waals surface area contributed by atoms with E-state index in [-0.39, 0.29) is 29.5 Å². The topological polar surface area (TPSA) is 80.7 Å². The minimum Gasteiger partial charge on any atom is -0.480 e. The first-order valence-corrected chi connectivity index (χ1v) is 10.8. The zero-order valence-corrected chi connectivity index (χ0v) is 17.1. The highest BCUT2D eigenvalue weighted by molar-refractivity contribution is 6.07. The average molecular weight is 406 g/mol. The van der Waals surface area contributed by atoms with Gasteiger partial charge in [0.1, 0.15) is 11.5 Å². The minimum absolute atomic E-state index is 0.0380. The van der Waals surface area contributed by atoms with Gasteiger partial charge >= 0.3 is 11.9 Å². The summed E-state index contributed by atoms with van der Waals surface area (Å²) in [5, 5.41) is 10.4. The van der Waals surface area contributed by atoms with Crippen LogP contribution in [0.1, 0.15) is 30.6 Å². The highest BCUT2D eigenvalue weighted by atomic mass is 16.5. The molecule has 1 N–H and O–H groups in total. The van der Waals surface area contributed by atoms with Crippen LogP contribution >= 0.6 is 0 Å². The highest BCUT2D eigenvalue weighted by Crippen LogP contribution is 2.63. The molecule has 0 heterocycles. The van der Waals surface area contributed by atoms with Crippen LogP contribution in [-0.2, 0) is 14.3 Å². The fourth-order valence-electron chi connectivity index (χ4n) is 6.83. The van der Waals surface area contributed by atoms with Crippen LogP contribution in [0, 0.1) is 46.8 Å². The second-order valence-electron chi connectivity index (χ2n) is 9.38. The maximum atomic E-state index is 13.9. The Morgan fingerprint density at radius 1 is 1.03 bits per heavy atom. The lowest BCUT2D eigenvalue weighted by molar-refractivity contribution is -0.186. The van der Waals surface area contributed by atoms with E-state index < -0.39 is 41.2 Å². The molecule has 4 aliphatic rings. The second kappa shape index (κ2) is 6.66. The first-order valence-electron chi connectivity index (χ1n) is 10.8. The predicted molar refractivity (Wildman–Crippen MR) is 109 cm³/mol. The van der Waals surface area contributed by atoms with Crippen LogP contribution in [-0.4, -0.2) is 28.9 Å². The molecule has 0 amide bonds. The number of fused-ring (bicyclic) bond motifs is 6. The van der Waals surface area contributed by atoms with Crippen molar-refractivity contribution in [1.29, 1.82) is 0 Å². The van der Waals surface area contributed by atoms with Crippen LogP contribution in [0.25, 0.3) is 0 Å². The van der Waals surface area contributed by atoms with Crippen molar-refractivity contribution in [1.82, 2.24) is 0 Å². The first kappa shape index (κ1) is 19.3. The molecule has 9 atom stereocenters. The van der Waals surface area contributed by atoms with E-state index in [2.05, 4.69) is 12.2 Å². The van der Waals surface area contributed by atoms with Gasteiger partial charge in [0.2, 0.25) is 0 Å². The van der Waals surface area contributed by atoms with Crippen molar-refractivity contribution in [2.45, 2.75) is 26.4 Å². The van der Waals surface area contributed by atoms with Crippen molar-refractivity contribution >= 4 is 17.7 Å². The van der Waals surface area contributed by atoms with Gasteiger partial charge in [-0.15, -0.1) is 0 Å². The summed E-state index contributed by atoms with van der Waals surface area (Å²) in [6, 6.07) is 8.79. The number of carbonyl (C=O) groups is 3. The van der Waals surface area contributed by atoms with Gasteiger partial charge in [-0.25, -0.2) is 4.79 Å². The number of hydrogen-bond donors (Lipinski definition) is 1. The number of ketones is 1. The fourth-order valence-corrected chi connectivity index (χ4v) is 6.83. The Hall–Kier alpha value is -2.69. The summed E-state index contributed by atoms with van der Waals surface area (Å²) in [5.74, 6) is -3.29. The second-order valence-corrected chi connectivity index (χ2v) is 9.38. The average Bonchev–Trinajstić information content (AvgIpc) is 3.35. The van der Waals surface area contributed by atoms with Gasteiger partial charge < -0.3 is 9.84 Å². The van der Waals surface area contributed by atoms with Gasteiger partial charge in [-0.05, 0) is 42.2 Å². The van der Waals surface area contributed by atoms with Crippen LogP contribution in [0.4, 0.5) is 0 Å². The first-order chi connectivity index (χ1) is 14.4. The Labute approximate surface area is 175 Å². The number of allylic oxidation sites excluding steroid dienone is 4. The number of carbonyl (C=O) groups excluding carboxylic acids is 2. The number of aliphatic carboxylic acids is 1. The van der Waals surface area contributed by atoms with Crippen molar-refractivity contribution in [3.63, 3.8) is 0 Å². The Morgan fingerprint density at radius 3 is 2.43 bits per heavy atom. The number of hydrogen-bond acceptors (Lipinski definition) is 4. The lowest BCUT2D eigenvalue weighted by Crippen LogP contribution is -2.66. The zero-order chi connectivity index (χ0) is 21.2. The molecule has 5 heteroatoms. The number of esters is 1. The summed E-state index contributed by atoms with van der Waals surface area (Å²) >= 11 is 0. The number of carboxylic acid groups (broad SMARTS) is 1. The van der Waals surface area contributed by atoms with Crippen molar-refractivity contribution in [2.24, 2.45) is 46.8 Å². The molecule has 2 bridgehead atoms. The van der Waals surface area contributed by atoms with Gasteiger partial charge in [-0.1, -0.05) is 56.4 Å². The predicted octanol–water partition coefficient (Wildman–Crippen LogP) is 3.76. The van der Waals surface area contributed by atoms with Gasteiger partial charge in [0.05, 0.1) is 5.56 Å². The third-order valence-corrected chi connectivity index (χ3v) is 8.08.